The van der Waals surface area contributed by atoms with Crippen LogP contribution in [0.2, 0.25) is 0 Å². The molecule has 0 atom stereocenters. The third-order valence-corrected chi connectivity index (χ3v) is 5.51. The van der Waals surface area contributed by atoms with Gasteiger partial charge in [-0.2, -0.15) is 0 Å². The second-order valence-corrected chi connectivity index (χ2v) is 7.81. The Balaban J connectivity index is 1.67. The first-order chi connectivity index (χ1) is 15.7. The number of nitrogens with zero attached hydrogens (tertiary/aromatic N) is 2. The van der Waals surface area contributed by atoms with Gasteiger partial charge in [0, 0.05) is 33.2 Å². The van der Waals surface area contributed by atoms with Gasteiger partial charge in [0.25, 0.3) is 0 Å². The van der Waals surface area contributed by atoms with Crippen LogP contribution >= 0.6 is 0 Å². The number of aromatic nitrogens is 4. The van der Waals surface area contributed by atoms with E-state index in [4.69, 9.17) is 11.4 Å². The monoisotopic (exact) mass is 410 g/mol. The van der Waals surface area contributed by atoms with E-state index in [0.29, 0.717) is 0 Å². The Kier molecular flexibility index (Phi) is 4.12. The molecular weight excluding hydrogens is 392 g/mol. The van der Waals surface area contributed by atoms with Crippen LogP contribution in [0.5, 0.6) is 0 Å². The van der Waals surface area contributed by atoms with Crippen LogP contribution in [0.15, 0.2) is 66.7 Å². The van der Waals surface area contributed by atoms with Crippen LogP contribution in [-0.2, 0) is 0 Å². The lowest BCUT2D eigenvalue weighted by Gasteiger charge is -2.00. The Labute approximate surface area is 185 Å². The Morgan fingerprint density at radius 1 is 0.625 bits per heavy atom. The number of benzene rings is 1. The third-order valence-electron chi connectivity index (χ3n) is 5.51. The van der Waals surface area contributed by atoms with Crippen molar-refractivity contribution >= 4 is 46.4 Å². The van der Waals surface area contributed by atoms with Crippen LogP contribution in [0, 0.1) is 12.3 Å². The molecule has 0 radical (unpaired) electrons. The maximum absolute atomic E-state index is 5.63. The molecule has 5 heterocycles. The van der Waals surface area contributed by atoms with Gasteiger partial charge in [0.1, 0.15) is 0 Å². The molecule has 0 saturated carbocycles. The van der Waals surface area contributed by atoms with Gasteiger partial charge in [0.15, 0.2) is 0 Å². The van der Waals surface area contributed by atoms with Crippen LogP contribution in [0.3, 0.4) is 0 Å². The van der Waals surface area contributed by atoms with Gasteiger partial charge in [-0.15, -0.1) is 6.42 Å². The van der Waals surface area contributed by atoms with E-state index >= 15 is 0 Å². The number of hydrogen-bond donors (Lipinski definition) is 2. The predicted molar refractivity (Wildman–Crippen MR) is 132 cm³/mol. The quantitative estimate of drug-likeness (QED) is 0.312. The summed E-state index contributed by atoms with van der Waals surface area (Å²) in [5.74, 6) is 2.73. The summed E-state index contributed by atoms with van der Waals surface area (Å²) in [4.78, 5) is 16.4. The molecule has 150 valence electrons. The average molecular weight is 410 g/mol. The molecule has 32 heavy (non-hydrogen) atoms. The van der Waals surface area contributed by atoms with Crippen LogP contribution < -0.4 is 0 Å². The van der Waals surface area contributed by atoms with Crippen molar-refractivity contribution in [3.05, 3.63) is 95.1 Å². The summed E-state index contributed by atoms with van der Waals surface area (Å²) in [6, 6.07) is 22.5. The molecule has 0 saturated heterocycles. The fourth-order valence-corrected chi connectivity index (χ4v) is 4.03. The van der Waals surface area contributed by atoms with Crippen molar-refractivity contribution in [1.82, 2.24) is 19.9 Å². The zero-order valence-electron chi connectivity index (χ0n) is 17.1. The number of hydrogen-bond acceptors (Lipinski definition) is 2. The molecule has 4 heteroatoms. The van der Waals surface area contributed by atoms with Gasteiger partial charge in [-0.3, -0.25) is 0 Å². The van der Waals surface area contributed by atoms with Crippen LogP contribution in [0.25, 0.3) is 57.5 Å². The van der Waals surface area contributed by atoms with Crippen molar-refractivity contribution in [3.8, 4) is 23.5 Å². The molecular formula is C28H18N4. The van der Waals surface area contributed by atoms with E-state index in [2.05, 4.69) is 57.3 Å². The van der Waals surface area contributed by atoms with Crippen molar-refractivity contribution in [2.75, 3.05) is 0 Å². The molecule has 2 aliphatic heterocycles. The molecule has 2 N–H and O–H groups in total. The topological polar surface area (TPSA) is 57.4 Å². The fourth-order valence-electron chi connectivity index (χ4n) is 4.03. The molecule has 1 aromatic carbocycles. The van der Waals surface area contributed by atoms with Crippen LogP contribution in [0.1, 0.15) is 28.3 Å². The summed E-state index contributed by atoms with van der Waals surface area (Å²) >= 11 is 0. The lowest BCUT2D eigenvalue weighted by atomic mass is 10.0. The van der Waals surface area contributed by atoms with E-state index in [1.807, 2.05) is 54.6 Å². The highest BCUT2D eigenvalue weighted by molar-refractivity contribution is 5.88. The molecule has 4 aromatic rings. The SMILES string of the molecule is C#Cc1cccc(-c2cc3cc4ccc(cc5nc(cc6nc(cc2[nH]3)C=C6)C=C5)[nH]4)c1. The largest absolute Gasteiger partial charge is 0.355 e. The molecule has 0 amide bonds. The summed E-state index contributed by atoms with van der Waals surface area (Å²) < 4.78 is 0. The Bertz CT molecular complexity index is 1640. The van der Waals surface area contributed by atoms with Crippen molar-refractivity contribution in [3.63, 3.8) is 0 Å². The maximum atomic E-state index is 5.63. The first-order valence-corrected chi connectivity index (χ1v) is 10.4. The highest BCUT2D eigenvalue weighted by Crippen LogP contribution is 2.28. The maximum Gasteiger partial charge on any atom is 0.0659 e. The molecule has 0 unspecified atom stereocenters. The molecule has 8 bridgehead atoms. The van der Waals surface area contributed by atoms with Gasteiger partial charge >= 0.3 is 0 Å². The summed E-state index contributed by atoms with van der Waals surface area (Å²) in [5.41, 5.74) is 10.5. The van der Waals surface area contributed by atoms with Crippen molar-refractivity contribution in [2.45, 2.75) is 0 Å². The standard InChI is InChI=1S/C28H18N4/c1-2-18-4-3-5-19(12-18)27-16-26-15-24-9-8-22(30-24)13-20-6-7-21(29-20)14-23-10-11-25(31-23)17-28(27)32-26/h1,3-17,30,32H. The normalized spacial score (nSPS) is 12.1. The summed E-state index contributed by atoms with van der Waals surface area (Å²) in [5, 5.41) is 0. The first-order valence-electron chi connectivity index (χ1n) is 10.4. The van der Waals surface area contributed by atoms with Crippen molar-refractivity contribution in [2.24, 2.45) is 0 Å². The number of fused-ring (bicyclic) bond motifs is 8. The number of aromatic amines is 2. The van der Waals surface area contributed by atoms with E-state index in [9.17, 15) is 0 Å². The van der Waals surface area contributed by atoms with E-state index in [1.165, 1.54) is 0 Å². The molecule has 6 rings (SSSR count). The Morgan fingerprint density at radius 3 is 2.06 bits per heavy atom. The van der Waals surface area contributed by atoms with Gasteiger partial charge in [-0.05, 0) is 84.5 Å². The van der Waals surface area contributed by atoms with Gasteiger partial charge in [-0.25, -0.2) is 9.97 Å². The number of nitrogens with one attached hydrogen (secondary N) is 2. The number of rotatable bonds is 1. The number of H-pyrrole nitrogens is 2. The van der Waals surface area contributed by atoms with Crippen molar-refractivity contribution in [1.29, 1.82) is 0 Å². The fraction of sp³-hybridized carbons (Fsp3) is 0. The summed E-state index contributed by atoms with van der Waals surface area (Å²) in [7, 11) is 0. The van der Waals surface area contributed by atoms with Crippen LogP contribution in [-0.4, -0.2) is 19.9 Å². The average Bonchev–Trinajstić information content (AvgIpc) is 3.59. The minimum atomic E-state index is 0.854. The lowest BCUT2D eigenvalue weighted by molar-refractivity contribution is 1.28. The van der Waals surface area contributed by atoms with Gasteiger partial charge in [0.2, 0.25) is 0 Å². The third kappa shape index (κ3) is 3.42. The highest BCUT2D eigenvalue weighted by atomic mass is 14.8. The van der Waals surface area contributed by atoms with Gasteiger partial charge < -0.3 is 9.97 Å². The predicted octanol–water partition coefficient (Wildman–Crippen LogP) is 6.30. The molecule has 2 aliphatic rings. The minimum absolute atomic E-state index is 0.854. The highest BCUT2D eigenvalue weighted by Gasteiger charge is 2.07. The van der Waals surface area contributed by atoms with Crippen molar-refractivity contribution < 1.29 is 0 Å². The molecule has 4 nitrogen and oxygen atoms in total. The Morgan fingerprint density at radius 2 is 1.31 bits per heavy atom. The van der Waals surface area contributed by atoms with Crippen LogP contribution in [0.4, 0.5) is 0 Å². The summed E-state index contributed by atoms with van der Waals surface area (Å²) in [6.45, 7) is 0. The molecule has 0 aliphatic carbocycles. The molecule has 3 aromatic heterocycles. The zero-order valence-corrected chi connectivity index (χ0v) is 17.1. The van der Waals surface area contributed by atoms with E-state index < -0.39 is 0 Å². The van der Waals surface area contributed by atoms with E-state index in [-0.39, 0.29) is 0 Å². The second kappa shape index (κ2) is 7.26. The molecule has 0 spiro atoms. The Hall–Kier alpha value is -4.62. The number of terminal acetylenes is 1. The van der Waals surface area contributed by atoms with Gasteiger partial charge in [-0.1, -0.05) is 18.1 Å². The first kappa shape index (κ1) is 18.2. The zero-order chi connectivity index (χ0) is 21.5. The smallest absolute Gasteiger partial charge is 0.0659 e. The van der Waals surface area contributed by atoms with E-state index in [1.54, 1.807) is 0 Å². The van der Waals surface area contributed by atoms with E-state index in [0.717, 1.165) is 61.5 Å². The second-order valence-electron chi connectivity index (χ2n) is 7.81. The molecule has 0 fully saturated rings. The summed E-state index contributed by atoms with van der Waals surface area (Å²) in [6.07, 6.45) is 13.7. The lowest BCUT2D eigenvalue weighted by Crippen LogP contribution is -1.80. The van der Waals surface area contributed by atoms with Gasteiger partial charge in [0.05, 0.1) is 22.8 Å². The minimum Gasteiger partial charge on any atom is -0.355 e.